The van der Waals surface area contributed by atoms with Gasteiger partial charge >= 0.3 is 0 Å². The Bertz CT molecular complexity index is 1570. The van der Waals surface area contributed by atoms with Crippen LogP contribution in [-0.2, 0) is 11.2 Å². The van der Waals surface area contributed by atoms with Gasteiger partial charge in [-0.05, 0) is 67.7 Å². The van der Waals surface area contributed by atoms with Gasteiger partial charge in [0.25, 0.3) is 0 Å². The van der Waals surface area contributed by atoms with Gasteiger partial charge in [-0.1, -0.05) is 42.4 Å². The molecule has 202 valence electrons. The van der Waals surface area contributed by atoms with Gasteiger partial charge in [0.05, 0.1) is 5.02 Å². The summed E-state index contributed by atoms with van der Waals surface area (Å²) in [5.74, 6) is 0.532. The minimum absolute atomic E-state index is 0.0268. The molecule has 1 aliphatic heterocycles. The zero-order chi connectivity index (χ0) is 27.7. The molecule has 4 aromatic rings. The van der Waals surface area contributed by atoms with Gasteiger partial charge in [0.1, 0.15) is 22.9 Å². The molecule has 0 bridgehead atoms. The molecule has 9 heteroatoms. The number of phenols is 1. The first kappa shape index (κ1) is 26.8. The highest BCUT2D eigenvalue weighted by atomic mass is 35.5. The molecule has 1 saturated heterocycles. The molecule has 1 fully saturated rings. The summed E-state index contributed by atoms with van der Waals surface area (Å²) >= 11 is 6.78. The first-order valence-corrected chi connectivity index (χ1v) is 13.4. The third-order valence-corrected chi connectivity index (χ3v) is 7.39. The highest BCUT2D eigenvalue weighted by Gasteiger charge is 2.26. The van der Waals surface area contributed by atoms with E-state index in [1.165, 1.54) is 12.1 Å². The van der Waals surface area contributed by atoms with E-state index in [9.17, 15) is 9.90 Å². The Hall–Kier alpha value is -3.75. The second-order valence-corrected chi connectivity index (χ2v) is 10.5. The van der Waals surface area contributed by atoms with Gasteiger partial charge < -0.3 is 19.8 Å². The SMILES string of the molecule is C=CC(=O)N1CCN(c2nc(CCCN(C)C)nc3c(F)c(-c4cc(O)cc5ccccc45)c(Cl)cc23)CC1. The summed E-state index contributed by atoms with van der Waals surface area (Å²) in [7, 11) is 4.01. The number of rotatable bonds is 7. The standard InChI is InChI=1S/C30H31ClFN5O2/c1-4-26(39)36-12-14-37(15-13-36)30-23-18-24(31)27(22-17-20(38)16-19-8-5-6-9-21(19)22)28(32)29(23)33-25(34-30)10-7-11-35(2)3/h4-6,8-9,16-18,38H,1,7,10-15H2,2-3H3. The van der Waals surface area contributed by atoms with Crippen LogP contribution in [0.3, 0.4) is 0 Å². The van der Waals surface area contributed by atoms with E-state index in [-0.39, 0.29) is 27.8 Å². The summed E-state index contributed by atoms with van der Waals surface area (Å²) in [5, 5.41) is 12.7. The summed E-state index contributed by atoms with van der Waals surface area (Å²) in [4.78, 5) is 27.5. The number of phenolic OH excluding ortho intramolecular Hbond substituents is 1. The van der Waals surface area contributed by atoms with Gasteiger partial charge in [-0.3, -0.25) is 4.79 Å². The Balaban J connectivity index is 1.65. The number of anilines is 1. The minimum Gasteiger partial charge on any atom is -0.508 e. The van der Waals surface area contributed by atoms with Crippen molar-refractivity contribution in [1.29, 1.82) is 0 Å². The number of amides is 1. The fourth-order valence-electron chi connectivity index (χ4n) is 5.15. The van der Waals surface area contributed by atoms with E-state index in [1.807, 2.05) is 38.4 Å². The number of hydrogen-bond acceptors (Lipinski definition) is 6. The molecule has 0 aliphatic carbocycles. The van der Waals surface area contributed by atoms with Crippen molar-refractivity contribution in [3.8, 4) is 16.9 Å². The molecule has 0 atom stereocenters. The van der Waals surface area contributed by atoms with E-state index in [4.69, 9.17) is 16.6 Å². The molecule has 3 aromatic carbocycles. The van der Waals surface area contributed by atoms with Crippen LogP contribution >= 0.6 is 11.6 Å². The first-order valence-electron chi connectivity index (χ1n) is 13.0. The topological polar surface area (TPSA) is 72.8 Å². The lowest BCUT2D eigenvalue weighted by Crippen LogP contribution is -2.48. The number of aryl methyl sites for hydroxylation is 1. The number of hydrogen-bond donors (Lipinski definition) is 1. The molecule has 5 rings (SSSR count). The van der Waals surface area contributed by atoms with Gasteiger partial charge in [0, 0.05) is 43.5 Å². The Morgan fingerprint density at radius 2 is 1.87 bits per heavy atom. The number of aromatic hydroxyl groups is 1. The Labute approximate surface area is 232 Å². The number of carbonyl (C=O) groups is 1. The van der Waals surface area contributed by atoms with Crippen LogP contribution in [0.5, 0.6) is 5.75 Å². The second kappa shape index (κ2) is 11.2. The van der Waals surface area contributed by atoms with Crippen LogP contribution in [0.1, 0.15) is 12.2 Å². The van der Waals surface area contributed by atoms with Crippen LogP contribution in [0.4, 0.5) is 10.2 Å². The summed E-state index contributed by atoms with van der Waals surface area (Å²) in [6.45, 7) is 6.54. The molecular formula is C30H31ClFN5O2. The van der Waals surface area contributed by atoms with E-state index >= 15 is 4.39 Å². The van der Waals surface area contributed by atoms with Gasteiger partial charge in [0.2, 0.25) is 5.91 Å². The monoisotopic (exact) mass is 547 g/mol. The molecule has 0 unspecified atom stereocenters. The molecule has 0 radical (unpaired) electrons. The summed E-state index contributed by atoms with van der Waals surface area (Å²) in [6, 6.07) is 12.4. The second-order valence-electron chi connectivity index (χ2n) is 10.0. The average Bonchev–Trinajstić information content (AvgIpc) is 2.92. The zero-order valence-electron chi connectivity index (χ0n) is 22.1. The van der Waals surface area contributed by atoms with Crippen molar-refractivity contribution in [2.75, 3.05) is 51.7 Å². The highest BCUT2D eigenvalue weighted by Crippen LogP contribution is 2.42. The van der Waals surface area contributed by atoms with E-state index < -0.39 is 5.82 Å². The van der Waals surface area contributed by atoms with E-state index in [1.54, 1.807) is 17.0 Å². The number of benzene rings is 3. The molecule has 0 saturated carbocycles. The molecule has 1 N–H and O–H groups in total. The van der Waals surface area contributed by atoms with Crippen molar-refractivity contribution >= 4 is 45.0 Å². The lowest BCUT2D eigenvalue weighted by Gasteiger charge is -2.35. The van der Waals surface area contributed by atoms with E-state index in [2.05, 4.69) is 21.4 Å². The van der Waals surface area contributed by atoms with Crippen LogP contribution in [-0.4, -0.2) is 77.6 Å². The quantitative estimate of drug-likeness (QED) is 0.318. The number of aromatic nitrogens is 2. The van der Waals surface area contributed by atoms with Crippen molar-refractivity contribution < 1.29 is 14.3 Å². The number of halogens is 2. The maximum absolute atomic E-state index is 16.5. The Kier molecular flexibility index (Phi) is 7.68. The number of nitrogens with zero attached hydrogens (tertiary/aromatic N) is 5. The van der Waals surface area contributed by atoms with Crippen molar-refractivity contribution in [3.63, 3.8) is 0 Å². The fourth-order valence-corrected chi connectivity index (χ4v) is 5.44. The highest BCUT2D eigenvalue weighted by molar-refractivity contribution is 6.35. The first-order chi connectivity index (χ1) is 18.8. The van der Waals surface area contributed by atoms with Crippen LogP contribution in [0.25, 0.3) is 32.8 Å². The van der Waals surface area contributed by atoms with Crippen molar-refractivity contribution in [1.82, 2.24) is 19.8 Å². The summed E-state index contributed by atoms with van der Waals surface area (Å²) in [6.07, 6.45) is 2.72. The van der Waals surface area contributed by atoms with Crippen LogP contribution < -0.4 is 4.90 Å². The summed E-state index contributed by atoms with van der Waals surface area (Å²) < 4.78 is 16.5. The largest absolute Gasteiger partial charge is 0.508 e. The number of fused-ring (bicyclic) bond motifs is 2. The third kappa shape index (κ3) is 5.40. The van der Waals surface area contributed by atoms with Crippen LogP contribution in [0.15, 0.2) is 55.1 Å². The summed E-state index contributed by atoms with van der Waals surface area (Å²) in [5.41, 5.74) is 0.888. The normalized spacial score (nSPS) is 14.0. The van der Waals surface area contributed by atoms with Gasteiger partial charge in [-0.15, -0.1) is 0 Å². The molecule has 1 aromatic heterocycles. The smallest absolute Gasteiger partial charge is 0.246 e. The van der Waals surface area contributed by atoms with E-state index in [0.717, 1.165) is 23.7 Å². The predicted molar refractivity (Wildman–Crippen MR) is 155 cm³/mol. The van der Waals surface area contributed by atoms with E-state index in [0.29, 0.717) is 55.2 Å². The average molecular weight is 548 g/mol. The van der Waals surface area contributed by atoms with Gasteiger partial charge in [-0.2, -0.15) is 0 Å². The Morgan fingerprint density at radius 3 is 2.59 bits per heavy atom. The molecule has 2 heterocycles. The zero-order valence-corrected chi connectivity index (χ0v) is 22.9. The van der Waals surface area contributed by atoms with Crippen molar-refractivity contribution in [2.45, 2.75) is 12.8 Å². The molecule has 1 aliphatic rings. The van der Waals surface area contributed by atoms with Crippen molar-refractivity contribution in [3.05, 3.63) is 71.8 Å². The van der Waals surface area contributed by atoms with Crippen molar-refractivity contribution in [2.24, 2.45) is 0 Å². The minimum atomic E-state index is -0.550. The van der Waals surface area contributed by atoms with Gasteiger partial charge in [-0.25, -0.2) is 14.4 Å². The molecular weight excluding hydrogens is 517 g/mol. The fraction of sp³-hybridized carbons (Fsp3) is 0.300. The third-order valence-electron chi connectivity index (χ3n) is 7.10. The number of carbonyl (C=O) groups excluding carboxylic acids is 1. The number of piperazine rings is 1. The lowest BCUT2D eigenvalue weighted by atomic mass is 9.96. The maximum Gasteiger partial charge on any atom is 0.246 e. The molecule has 7 nitrogen and oxygen atoms in total. The molecule has 1 amide bonds. The Morgan fingerprint density at radius 1 is 1.13 bits per heavy atom. The van der Waals surface area contributed by atoms with Crippen LogP contribution in [0.2, 0.25) is 5.02 Å². The van der Waals surface area contributed by atoms with Gasteiger partial charge in [0.15, 0.2) is 5.82 Å². The molecule has 39 heavy (non-hydrogen) atoms. The lowest BCUT2D eigenvalue weighted by molar-refractivity contribution is -0.126. The molecule has 0 spiro atoms. The van der Waals surface area contributed by atoms with Crippen LogP contribution in [0, 0.1) is 5.82 Å². The predicted octanol–water partition coefficient (Wildman–Crippen LogP) is 5.28. The maximum atomic E-state index is 16.5.